The van der Waals surface area contributed by atoms with Gasteiger partial charge in [0, 0.05) is 0 Å². The van der Waals surface area contributed by atoms with Crippen molar-refractivity contribution in [3.63, 3.8) is 0 Å². The molecule has 0 aromatic heterocycles. The van der Waals surface area contributed by atoms with E-state index in [4.69, 9.17) is 0 Å². The summed E-state index contributed by atoms with van der Waals surface area (Å²) in [5, 5.41) is 11.1. The molecular weight excluding hydrogens is 1140 g/mol. The molecule has 10 aromatic carbocycles. The summed E-state index contributed by atoms with van der Waals surface area (Å²) in [6, 6.07) is 74.2. The monoisotopic (exact) mass is 1210 g/mol. The maximum atomic E-state index is 3.11. The number of aryl methyl sites for hydroxylation is 4. The number of benzene rings is 8. The summed E-state index contributed by atoms with van der Waals surface area (Å²) in [5.41, 5.74) is 13.9. The van der Waals surface area contributed by atoms with Crippen molar-refractivity contribution in [2.45, 2.75) is 92.9 Å². The van der Waals surface area contributed by atoms with Crippen LogP contribution in [-0.4, -0.2) is 6.41 Å². The third kappa shape index (κ3) is 18.3. The van der Waals surface area contributed by atoms with Crippen LogP contribution in [0.15, 0.2) is 242 Å². The van der Waals surface area contributed by atoms with Gasteiger partial charge < -0.3 is 24.8 Å². The molecule has 392 valence electrons. The van der Waals surface area contributed by atoms with E-state index in [1.54, 1.807) is 0 Å². The van der Waals surface area contributed by atoms with Crippen LogP contribution in [0.4, 0.5) is 0 Å². The van der Waals surface area contributed by atoms with Crippen LogP contribution in [0.5, 0.6) is 0 Å². The van der Waals surface area contributed by atoms with Gasteiger partial charge in [-0.3, -0.25) is 12.2 Å². The predicted octanol–water partition coefficient (Wildman–Crippen LogP) is 13.5. The Balaban J connectivity index is 0.000000176. The number of fused-ring (bicyclic) bond motifs is 6. The minimum atomic E-state index is 0. The standard InChI is InChI=1S/2C17H17.2C13H10.2C7H9.2ClH.2Zr/c2*1-3-12-5-7-16-14(9-12)11-15-10-13(4-2)6-8-17(15)16;2*1-3-7-12(8-4-1)11-13-9-5-2-6-10-13;2*1-2-7-5-3-4-6-7;;;;/h2*5-11H,3-4H2,1-2H3;2*1-10H;2*5-6H,2-3H2,1H3;2*1H;;/q2*-1;;;2*-1;;;2*+2/p-2. The first-order valence-corrected chi connectivity index (χ1v) is 29.8. The Morgan fingerprint density at radius 3 is 0.769 bits per heavy atom. The van der Waals surface area contributed by atoms with E-state index in [1.165, 1.54) is 154 Å². The molecule has 0 bridgehead atoms. The zero-order valence-corrected chi connectivity index (χ0v) is 52.8. The average molecular weight is 1210 g/mol. The summed E-state index contributed by atoms with van der Waals surface area (Å²) < 4.78 is 2.83. The molecule has 0 nitrogen and oxygen atoms in total. The van der Waals surface area contributed by atoms with Gasteiger partial charge in [0.1, 0.15) is 0 Å². The van der Waals surface area contributed by atoms with Gasteiger partial charge >= 0.3 is 198 Å². The van der Waals surface area contributed by atoms with Gasteiger partial charge in [0.2, 0.25) is 0 Å². The summed E-state index contributed by atoms with van der Waals surface area (Å²) in [6.45, 7) is 13.2. The van der Waals surface area contributed by atoms with E-state index in [2.05, 4.69) is 284 Å². The first-order valence-electron chi connectivity index (χ1n) is 27.4. The third-order valence-electron chi connectivity index (χ3n) is 13.9. The molecule has 0 aliphatic heterocycles. The summed E-state index contributed by atoms with van der Waals surface area (Å²) in [6.07, 6.45) is 23.6. The fourth-order valence-electron chi connectivity index (χ4n) is 9.25. The van der Waals surface area contributed by atoms with Crippen molar-refractivity contribution in [1.82, 2.24) is 0 Å². The Kier molecular flexibility index (Phi) is 27.5. The van der Waals surface area contributed by atoms with Crippen LogP contribution in [0.1, 0.15) is 112 Å². The molecule has 0 unspecified atom stereocenters. The van der Waals surface area contributed by atoms with Gasteiger partial charge in [-0.1, -0.05) is 125 Å². The van der Waals surface area contributed by atoms with Crippen LogP contribution in [0.2, 0.25) is 0 Å². The van der Waals surface area contributed by atoms with E-state index < -0.39 is 0 Å². The SMILES string of the molecule is CCC1=CC[C-]=C1.CCC1=CC[C-]=C1.CCc1ccc2c(c1)[cH-]c1cc(CC)ccc12.CCc1ccc2c(c1)[cH-]c1cc(CC)ccc12.[Cl-].[Cl-].[Zr+2]=[C](c1ccccc1)c1ccccc1.[Zr+2]=[C](c1ccccc1)c1ccccc1. The van der Waals surface area contributed by atoms with Crippen LogP contribution in [0.25, 0.3) is 43.1 Å². The number of allylic oxidation sites excluding steroid dienone is 8. The second-order valence-corrected chi connectivity index (χ2v) is 21.4. The van der Waals surface area contributed by atoms with Crippen LogP contribution in [-0.2, 0) is 74.2 Å². The Labute approximate surface area is 509 Å². The average Bonchev–Trinajstić information content (AvgIpc) is 4.41. The Morgan fingerprint density at radius 1 is 0.346 bits per heavy atom. The van der Waals surface area contributed by atoms with E-state index >= 15 is 0 Å². The molecule has 2 aliphatic carbocycles. The molecule has 0 N–H and O–H groups in total. The summed E-state index contributed by atoms with van der Waals surface area (Å²) in [5.74, 6) is 0. The van der Waals surface area contributed by atoms with Gasteiger partial charge in [0.15, 0.2) is 0 Å². The molecule has 4 heteroatoms. The number of hydrogen-bond acceptors (Lipinski definition) is 0. The van der Waals surface area contributed by atoms with Crippen LogP contribution in [0, 0.1) is 12.2 Å². The van der Waals surface area contributed by atoms with Crippen LogP contribution < -0.4 is 24.8 Å². The molecule has 0 fully saturated rings. The molecule has 0 heterocycles. The number of hydrogen-bond donors (Lipinski definition) is 0. The molecule has 0 saturated heterocycles. The van der Waals surface area contributed by atoms with Crippen molar-refractivity contribution >= 4 is 49.5 Å². The maximum absolute atomic E-state index is 3.11. The van der Waals surface area contributed by atoms with Crippen molar-refractivity contribution in [2.75, 3.05) is 0 Å². The number of halogens is 2. The van der Waals surface area contributed by atoms with Gasteiger partial charge in [-0.05, 0) is 25.7 Å². The normalized spacial score (nSPS) is 11.7. The second-order valence-electron chi connectivity index (χ2n) is 19.0. The fraction of sp³-hybridized carbons (Fsp3) is 0.189. The van der Waals surface area contributed by atoms with Crippen molar-refractivity contribution in [1.29, 1.82) is 0 Å². The second kappa shape index (κ2) is 33.9. The molecule has 12 rings (SSSR count). The molecular formula is C74H72Cl2Zr2-2. The van der Waals surface area contributed by atoms with Crippen LogP contribution >= 0.6 is 0 Å². The summed E-state index contributed by atoms with van der Waals surface area (Å²) in [7, 11) is 0. The Morgan fingerprint density at radius 2 is 0.590 bits per heavy atom. The molecule has 78 heavy (non-hydrogen) atoms. The Bertz CT molecular complexity index is 3120. The van der Waals surface area contributed by atoms with E-state index in [-0.39, 0.29) is 24.8 Å². The quantitative estimate of drug-likeness (QED) is 0.120. The van der Waals surface area contributed by atoms with Gasteiger partial charge in [-0.15, -0.1) is 92.3 Å². The van der Waals surface area contributed by atoms with E-state index in [1.807, 2.05) is 0 Å². The number of rotatable bonds is 10. The van der Waals surface area contributed by atoms with Crippen molar-refractivity contribution in [2.24, 2.45) is 0 Å². The van der Waals surface area contributed by atoms with Crippen LogP contribution in [0.3, 0.4) is 0 Å². The molecule has 0 atom stereocenters. The molecule has 0 saturated carbocycles. The molecule has 0 amide bonds. The minimum absolute atomic E-state index is 0. The van der Waals surface area contributed by atoms with E-state index in [9.17, 15) is 0 Å². The zero-order valence-electron chi connectivity index (χ0n) is 46.4. The van der Waals surface area contributed by atoms with Gasteiger partial charge in [-0.2, -0.15) is 12.2 Å². The Hall–Kier alpha value is -5.45. The van der Waals surface area contributed by atoms with Gasteiger partial charge in [-0.25, -0.2) is 23.3 Å². The van der Waals surface area contributed by atoms with Crippen molar-refractivity contribution < 1.29 is 73.3 Å². The topological polar surface area (TPSA) is 0 Å². The summed E-state index contributed by atoms with van der Waals surface area (Å²) in [4.78, 5) is 0. The first-order chi connectivity index (χ1) is 37.2. The first kappa shape index (κ1) is 63.4. The fourth-order valence-corrected chi connectivity index (χ4v) is 10.9. The molecule has 0 spiro atoms. The van der Waals surface area contributed by atoms with E-state index in [0.717, 1.165) is 51.4 Å². The molecule has 10 aromatic rings. The van der Waals surface area contributed by atoms with Gasteiger partial charge in [0.25, 0.3) is 0 Å². The molecule has 2 aliphatic rings. The van der Waals surface area contributed by atoms with E-state index in [0.29, 0.717) is 0 Å². The predicted molar refractivity (Wildman–Crippen MR) is 325 cm³/mol. The molecule has 0 radical (unpaired) electrons. The third-order valence-corrected chi connectivity index (χ3v) is 16.7. The zero-order chi connectivity index (χ0) is 53.5. The van der Waals surface area contributed by atoms with Gasteiger partial charge in [0.05, 0.1) is 0 Å². The van der Waals surface area contributed by atoms with Crippen molar-refractivity contribution in [3.05, 3.63) is 298 Å². The summed E-state index contributed by atoms with van der Waals surface area (Å²) >= 11 is 2.92. The van der Waals surface area contributed by atoms with Crippen molar-refractivity contribution in [3.8, 4) is 0 Å².